The smallest absolute Gasteiger partial charge is 0.113 e. The van der Waals surface area contributed by atoms with Crippen molar-refractivity contribution in [2.45, 2.75) is 38.3 Å². The molecule has 1 fully saturated rings. The first-order valence-corrected chi connectivity index (χ1v) is 6.98. The second kappa shape index (κ2) is 4.53. The molecule has 1 aromatic carbocycles. The molecule has 1 atom stereocenters. The molecule has 0 saturated heterocycles. The van der Waals surface area contributed by atoms with Crippen LogP contribution in [0.3, 0.4) is 0 Å². The Hall–Kier alpha value is -1.55. The van der Waals surface area contributed by atoms with Crippen molar-refractivity contribution in [1.29, 1.82) is 0 Å². The zero-order valence-electron chi connectivity index (χ0n) is 11.9. The fraction of sp³-hybridized carbons (Fsp3) is 0.533. The van der Waals surface area contributed by atoms with Gasteiger partial charge in [0.1, 0.15) is 5.82 Å². The average Bonchev–Trinajstić information content (AvgIpc) is 3.13. The highest BCUT2D eigenvalue weighted by molar-refractivity contribution is 5.79. The third-order valence-corrected chi connectivity index (χ3v) is 4.07. The number of anilines is 1. The highest BCUT2D eigenvalue weighted by Crippen LogP contribution is 2.41. The number of benzene rings is 1. The van der Waals surface area contributed by atoms with Gasteiger partial charge < -0.3 is 15.2 Å². The molecular formula is C15H22N4. The standard InChI is InChI=1S/C15H22N4/c1-10(18(2)3)9-19-14-7-6-12(16)8-13(14)17-15(19)11-4-5-11/h6-8,10-11H,4-5,9,16H2,1-3H3. The van der Waals surface area contributed by atoms with E-state index in [-0.39, 0.29) is 0 Å². The lowest BCUT2D eigenvalue weighted by Gasteiger charge is -2.21. The van der Waals surface area contributed by atoms with Gasteiger partial charge in [0, 0.05) is 24.2 Å². The van der Waals surface area contributed by atoms with Gasteiger partial charge >= 0.3 is 0 Å². The van der Waals surface area contributed by atoms with Crippen LogP contribution >= 0.6 is 0 Å². The molecule has 3 rings (SSSR count). The van der Waals surface area contributed by atoms with Crippen molar-refractivity contribution in [1.82, 2.24) is 14.5 Å². The second-order valence-corrected chi connectivity index (χ2v) is 5.92. The number of likely N-dealkylation sites (N-methyl/N-ethyl adjacent to an activating group) is 1. The first-order chi connectivity index (χ1) is 9.06. The van der Waals surface area contributed by atoms with Crippen molar-refractivity contribution in [3.63, 3.8) is 0 Å². The summed E-state index contributed by atoms with van der Waals surface area (Å²) < 4.78 is 2.39. The van der Waals surface area contributed by atoms with E-state index in [2.05, 4.69) is 36.6 Å². The van der Waals surface area contributed by atoms with E-state index < -0.39 is 0 Å². The normalized spacial score (nSPS) is 17.3. The second-order valence-electron chi connectivity index (χ2n) is 5.92. The number of nitrogens with two attached hydrogens (primary N) is 1. The van der Waals surface area contributed by atoms with Gasteiger partial charge in [-0.05, 0) is 52.1 Å². The van der Waals surface area contributed by atoms with E-state index in [9.17, 15) is 0 Å². The summed E-state index contributed by atoms with van der Waals surface area (Å²) in [5.74, 6) is 1.90. The molecule has 102 valence electrons. The summed E-state index contributed by atoms with van der Waals surface area (Å²) in [6, 6.07) is 6.55. The molecule has 4 heteroatoms. The summed E-state index contributed by atoms with van der Waals surface area (Å²) in [5, 5.41) is 0. The van der Waals surface area contributed by atoms with Gasteiger partial charge in [-0.2, -0.15) is 0 Å². The molecule has 2 N–H and O–H groups in total. The van der Waals surface area contributed by atoms with Gasteiger partial charge in [0.2, 0.25) is 0 Å². The van der Waals surface area contributed by atoms with Crippen molar-refractivity contribution in [3.8, 4) is 0 Å². The number of hydrogen-bond donors (Lipinski definition) is 1. The van der Waals surface area contributed by atoms with Crippen LogP contribution in [0.25, 0.3) is 11.0 Å². The maximum Gasteiger partial charge on any atom is 0.113 e. The van der Waals surface area contributed by atoms with Gasteiger partial charge in [-0.1, -0.05) is 0 Å². The van der Waals surface area contributed by atoms with Crippen molar-refractivity contribution >= 4 is 16.7 Å². The first kappa shape index (κ1) is 12.5. The Morgan fingerprint density at radius 2 is 2.16 bits per heavy atom. The zero-order chi connectivity index (χ0) is 13.6. The van der Waals surface area contributed by atoms with E-state index in [1.54, 1.807) is 0 Å². The fourth-order valence-corrected chi connectivity index (χ4v) is 2.44. The van der Waals surface area contributed by atoms with Crippen molar-refractivity contribution < 1.29 is 0 Å². The Labute approximate surface area is 114 Å². The van der Waals surface area contributed by atoms with Crippen molar-refractivity contribution in [2.75, 3.05) is 19.8 Å². The monoisotopic (exact) mass is 258 g/mol. The fourth-order valence-electron chi connectivity index (χ4n) is 2.44. The molecule has 1 unspecified atom stereocenters. The minimum atomic E-state index is 0.493. The van der Waals surface area contributed by atoms with Crippen molar-refractivity contribution in [2.24, 2.45) is 0 Å². The SMILES string of the molecule is CC(Cn1c(C2CC2)nc2cc(N)ccc21)N(C)C. The predicted octanol–water partition coefficient (Wildman–Crippen LogP) is 2.45. The number of rotatable bonds is 4. The molecule has 1 aliphatic carbocycles. The van der Waals surface area contributed by atoms with E-state index >= 15 is 0 Å². The van der Waals surface area contributed by atoms with Gasteiger partial charge in [0.25, 0.3) is 0 Å². The summed E-state index contributed by atoms with van der Waals surface area (Å²) in [7, 11) is 4.25. The molecule has 4 nitrogen and oxygen atoms in total. The van der Waals surface area contributed by atoms with Gasteiger partial charge in [0.05, 0.1) is 11.0 Å². The lowest BCUT2D eigenvalue weighted by atomic mass is 10.2. The summed E-state index contributed by atoms with van der Waals surface area (Å²) in [6.45, 7) is 3.24. The highest BCUT2D eigenvalue weighted by Gasteiger charge is 2.30. The predicted molar refractivity (Wildman–Crippen MR) is 79.3 cm³/mol. The Kier molecular flexibility index (Phi) is 2.97. The molecule has 0 bridgehead atoms. The van der Waals surface area contributed by atoms with Gasteiger partial charge in [-0.25, -0.2) is 4.98 Å². The van der Waals surface area contributed by atoms with Gasteiger partial charge in [-0.15, -0.1) is 0 Å². The van der Waals surface area contributed by atoms with E-state index in [1.165, 1.54) is 24.2 Å². The molecule has 0 spiro atoms. The van der Waals surface area contributed by atoms with Crippen molar-refractivity contribution in [3.05, 3.63) is 24.0 Å². The minimum Gasteiger partial charge on any atom is -0.399 e. The van der Waals surface area contributed by atoms with Crippen LogP contribution in [0.15, 0.2) is 18.2 Å². The number of hydrogen-bond acceptors (Lipinski definition) is 3. The van der Waals surface area contributed by atoms with Gasteiger partial charge in [-0.3, -0.25) is 0 Å². The molecule has 1 heterocycles. The van der Waals surface area contributed by atoms with E-state index in [0.717, 1.165) is 17.7 Å². The number of aromatic nitrogens is 2. The third kappa shape index (κ3) is 2.32. The minimum absolute atomic E-state index is 0.493. The van der Waals surface area contributed by atoms with Crippen LogP contribution in [-0.4, -0.2) is 34.6 Å². The lowest BCUT2D eigenvalue weighted by Crippen LogP contribution is -2.29. The number of fused-ring (bicyclic) bond motifs is 1. The summed E-state index contributed by atoms with van der Waals surface area (Å²) in [4.78, 5) is 7.06. The Morgan fingerprint density at radius 1 is 1.42 bits per heavy atom. The van der Waals surface area contributed by atoms with Crippen LogP contribution in [0.2, 0.25) is 0 Å². The van der Waals surface area contributed by atoms with Crippen LogP contribution in [0, 0.1) is 0 Å². The topological polar surface area (TPSA) is 47.1 Å². The van der Waals surface area contributed by atoms with Crippen LogP contribution in [0.4, 0.5) is 5.69 Å². The average molecular weight is 258 g/mol. The molecule has 1 aliphatic rings. The quantitative estimate of drug-likeness (QED) is 0.857. The maximum atomic E-state index is 5.87. The molecule has 1 saturated carbocycles. The molecule has 2 aromatic rings. The Morgan fingerprint density at radius 3 is 2.79 bits per heavy atom. The molecular weight excluding hydrogens is 236 g/mol. The highest BCUT2D eigenvalue weighted by atomic mass is 15.2. The molecule has 0 radical (unpaired) electrons. The van der Waals surface area contributed by atoms with Crippen LogP contribution in [0.1, 0.15) is 31.5 Å². The lowest BCUT2D eigenvalue weighted by molar-refractivity contribution is 0.284. The number of nitrogens with zero attached hydrogens (tertiary/aromatic N) is 3. The third-order valence-electron chi connectivity index (χ3n) is 4.07. The number of nitrogen functional groups attached to an aromatic ring is 1. The molecule has 1 aromatic heterocycles. The largest absolute Gasteiger partial charge is 0.399 e. The summed E-state index contributed by atoms with van der Waals surface area (Å²) in [5.41, 5.74) is 8.91. The van der Waals surface area contributed by atoms with E-state index in [0.29, 0.717) is 12.0 Å². The van der Waals surface area contributed by atoms with E-state index in [1.807, 2.05) is 12.1 Å². The number of imidazole rings is 1. The molecule has 0 amide bonds. The van der Waals surface area contributed by atoms with Crippen LogP contribution in [-0.2, 0) is 6.54 Å². The molecule has 19 heavy (non-hydrogen) atoms. The molecule has 0 aliphatic heterocycles. The summed E-state index contributed by atoms with van der Waals surface area (Å²) in [6.07, 6.45) is 2.55. The van der Waals surface area contributed by atoms with E-state index in [4.69, 9.17) is 10.7 Å². The maximum absolute atomic E-state index is 5.87. The Bertz CT molecular complexity index is 595. The van der Waals surface area contributed by atoms with Crippen LogP contribution < -0.4 is 5.73 Å². The van der Waals surface area contributed by atoms with Crippen LogP contribution in [0.5, 0.6) is 0 Å². The van der Waals surface area contributed by atoms with Gasteiger partial charge in [0.15, 0.2) is 0 Å². The first-order valence-electron chi connectivity index (χ1n) is 6.98. The Balaban J connectivity index is 2.06. The summed E-state index contributed by atoms with van der Waals surface area (Å²) >= 11 is 0. The zero-order valence-corrected chi connectivity index (χ0v) is 11.9.